The first-order valence-electron chi connectivity index (χ1n) is 22.6. The van der Waals surface area contributed by atoms with Crippen LogP contribution in [0.25, 0.3) is 0 Å². The van der Waals surface area contributed by atoms with Crippen LogP contribution in [0.15, 0.2) is 0 Å². The van der Waals surface area contributed by atoms with Gasteiger partial charge in [0.05, 0.1) is 0 Å². The third-order valence-electron chi connectivity index (χ3n) is 18.6. The molecule has 0 radical (unpaired) electrons. The minimum atomic E-state index is 0.512. The van der Waals surface area contributed by atoms with Gasteiger partial charge in [-0.2, -0.15) is 0 Å². The highest BCUT2D eigenvalue weighted by Gasteiger charge is 2.66. The lowest BCUT2D eigenvalue weighted by Crippen LogP contribution is -2.63. The molecule has 0 amide bonds. The summed E-state index contributed by atoms with van der Waals surface area (Å²) in [6, 6.07) is 0. The van der Waals surface area contributed by atoms with Crippen LogP contribution in [0.4, 0.5) is 0 Å². The molecule has 6 aliphatic rings. The van der Waals surface area contributed by atoms with Crippen molar-refractivity contribution in [1.82, 2.24) is 0 Å². The van der Waals surface area contributed by atoms with E-state index >= 15 is 0 Å². The van der Waals surface area contributed by atoms with Crippen LogP contribution in [0.2, 0.25) is 0 Å². The van der Waals surface area contributed by atoms with E-state index in [1.807, 2.05) is 0 Å². The number of fused-ring (bicyclic) bond motifs is 1. The summed E-state index contributed by atoms with van der Waals surface area (Å²) in [7, 11) is 0. The van der Waals surface area contributed by atoms with Crippen molar-refractivity contribution in [2.24, 2.45) is 62.6 Å². The zero-order valence-electron chi connectivity index (χ0n) is 33.2. The fourth-order valence-corrected chi connectivity index (χ4v) is 15.3. The van der Waals surface area contributed by atoms with Gasteiger partial charge in [0.25, 0.3) is 0 Å². The van der Waals surface area contributed by atoms with Gasteiger partial charge in [-0.25, -0.2) is 0 Å². The van der Waals surface area contributed by atoms with Crippen LogP contribution >= 0.6 is 0 Å². The Kier molecular flexibility index (Phi) is 12.0. The smallest absolute Gasteiger partial charge is 0.0210 e. The maximum atomic E-state index is 3.04. The summed E-state index contributed by atoms with van der Waals surface area (Å²) < 4.78 is 0. The van der Waals surface area contributed by atoms with Gasteiger partial charge >= 0.3 is 0 Å². The monoisotopic (exact) mass is 649 g/mol. The molecule has 7 atom stereocenters. The topological polar surface area (TPSA) is 0 Å². The molecule has 0 aromatic heterocycles. The minimum absolute atomic E-state index is 0.512. The molecule has 0 nitrogen and oxygen atoms in total. The fraction of sp³-hybridized carbons (Fsp3) is 1.00. The molecule has 0 heteroatoms. The highest BCUT2D eigenvalue weighted by atomic mass is 14.7. The van der Waals surface area contributed by atoms with Crippen molar-refractivity contribution in [2.45, 2.75) is 234 Å². The summed E-state index contributed by atoms with van der Waals surface area (Å²) in [6.45, 7) is 16.9. The van der Waals surface area contributed by atoms with E-state index < -0.39 is 0 Å². The molecule has 0 aromatic carbocycles. The van der Waals surface area contributed by atoms with Gasteiger partial charge in [-0.1, -0.05) is 157 Å². The number of hydrogen-bond acceptors (Lipinski definition) is 0. The Morgan fingerprint density at radius 1 is 0.426 bits per heavy atom. The zero-order chi connectivity index (χ0) is 33.2. The molecule has 0 aliphatic heterocycles. The maximum absolute atomic E-state index is 3.04. The van der Waals surface area contributed by atoms with E-state index in [-0.39, 0.29) is 0 Å². The first kappa shape index (κ1) is 36.8. The Balaban J connectivity index is 1.44. The van der Waals surface area contributed by atoms with Crippen molar-refractivity contribution < 1.29 is 0 Å². The second kappa shape index (κ2) is 15.3. The van der Waals surface area contributed by atoms with E-state index in [4.69, 9.17) is 0 Å². The molecule has 0 bridgehead atoms. The van der Waals surface area contributed by atoms with Gasteiger partial charge in [0, 0.05) is 0 Å². The molecule has 47 heavy (non-hydrogen) atoms. The van der Waals surface area contributed by atoms with E-state index in [9.17, 15) is 0 Å². The predicted octanol–water partition coefficient (Wildman–Crippen LogP) is 15.5. The van der Waals surface area contributed by atoms with Gasteiger partial charge in [-0.3, -0.25) is 0 Å². The highest BCUT2D eigenvalue weighted by Crippen LogP contribution is 2.73. The number of unbranched alkanes of at least 4 members (excludes halogenated alkanes) is 5. The van der Waals surface area contributed by atoms with Crippen molar-refractivity contribution in [3.8, 4) is 0 Å². The molecular weight excluding hydrogens is 565 g/mol. The van der Waals surface area contributed by atoms with Crippen molar-refractivity contribution in [2.75, 3.05) is 0 Å². The lowest BCUT2D eigenvalue weighted by molar-refractivity contribution is -0.215. The van der Waals surface area contributed by atoms with Gasteiger partial charge in [0.1, 0.15) is 0 Å². The lowest BCUT2D eigenvalue weighted by atomic mass is 9.35. The standard InChI is InChI=1S/C47H84/c1-7-8-9-10-11-16-25-39-42(45(4)30-21-14-22-31-45)36-38-40(44(3)28-19-13-20-29-44)34-37(43(2)26-17-12-18-27-43)35-41(38)47(39,6)46(5)32-23-15-24-33-46/h37-42H,7-36H2,1-6H3. The summed E-state index contributed by atoms with van der Waals surface area (Å²) in [4.78, 5) is 0. The Labute approximate surface area is 295 Å². The maximum Gasteiger partial charge on any atom is -0.0210 e. The molecule has 0 saturated heterocycles. The molecule has 272 valence electrons. The molecule has 0 spiro atoms. The summed E-state index contributed by atoms with van der Waals surface area (Å²) in [5.74, 6) is 5.87. The largest absolute Gasteiger partial charge is 0.0654 e. The third-order valence-corrected chi connectivity index (χ3v) is 18.6. The van der Waals surface area contributed by atoms with Gasteiger partial charge < -0.3 is 0 Å². The summed E-state index contributed by atoms with van der Waals surface area (Å²) >= 11 is 0. The van der Waals surface area contributed by atoms with Crippen molar-refractivity contribution >= 4 is 0 Å². The van der Waals surface area contributed by atoms with Crippen LogP contribution in [0.1, 0.15) is 234 Å². The Morgan fingerprint density at radius 2 is 0.872 bits per heavy atom. The summed E-state index contributed by atoms with van der Waals surface area (Å²) in [5.41, 5.74) is 2.85. The number of hydrogen-bond donors (Lipinski definition) is 0. The SMILES string of the molecule is CCCCCCCCC1C(C2(C)CCCCC2)CC2C(C3(C)CCCCC3)CC(C3(C)CCCCC3)CC2C1(C)C1(C)CCCCC1. The van der Waals surface area contributed by atoms with E-state index in [2.05, 4.69) is 41.5 Å². The zero-order valence-corrected chi connectivity index (χ0v) is 33.2. The van der Waals surface area contributed by atoms with Crippen LogP contribution in [0, 0.1) is 62.6 Å². The Hall–Kier alpha value is 0. The number of rotatable bonds is 11. The molecule has 0 heterocycles. The van der Waals surface area contributed by atoms with Gasteiger partial charge in [0.2, 0.25) is 0 Å². The van der Waals surface area contributed by atoms with E-state index in [0.717, 1.165) is 35.5 Å². The van der Waals surface area contributed by atoms with Crippen molar-refractivity contribution in [3.63, 3.8) is 0 Å². The second-order valence-electron chi connectivity index (χ2n) is 21.1. The molecule has 7 unspecified atom stereocenters. The van der Waals surface area contributed by atoms with Crippen LogP contribution in [0.3, 0.4) is 0 Å². The van der Waals surface area contributed by atoms with Gasteiger partial charge in [0.15, 0.2) is 0 Å². The van der Waals surface area contributed by atoms with Gasteiger partial charge in [-0.15, -0.1) is 0 Å². The molecule has 0 aromatic rings. The fourth-order valence-electron chi connectivity index (χ4n) is 15.3. The average Bonchev–Trinajstić information content (AvgIpc) is 3.08. The lowest BCUT2D eigenvalue weighted by Gasteiger charge is -2.70. The predicted molar refractivity (Wildman–Crippen MR) is 206 cm³/mol. The van der Waals surface area contributed by atoms with Crippen molar-refractivity contribution in [1.29, 1.82) is 0 Å². The van der Waals surface area contributed by atoms with Crippen LogP contribution in [-0.4, -0.2) is 0 Å². The average molecular weight is 649 g/mol. The minimum Gasteiger partial charge on any atom is -0.0654 e. The first-order valence-corrected chi connectivity index (χ1v) is 22.6. The third kappa shape index (κ3) is 7.23. The molecule has 6 fully saturated rings. The molecule has 6 rings (SSSR count). The normalized spacial score (nSPS) is 40.0. The molecular formula is C47H84. The summed E-state index contributed by atoms with van der Waals surface area (Å²) in [6.07, 6.45) is 45.6. The Morgan fingerprint density at radius 3 is 1.43 bits per heavy atom. The molecule has 6 saturated carbocycles. The first-order chi connectivity index (χ1) is 22.6. The van der Waals surface area contributed by atoms with Crippen LogP contribution in [-0.2, 0) is 0 Å². The van der Waals surface area contributed by atoms with E-state index in [1.54, 1.807) is 38.5 Å². The highest BCUT2D eigenvalue weighted by molar-refractivity contribution is 5.14. The van der Waals surface area contributed by atoms with E-state index in [0.29, 0.717) is 27.1 Å². The van der Waals surface area contributed by atoms with E-state index in [1.165, 1.54) is 154 Å². The van der Waals surface area contributed by atoms with Crippen molar-refractivity contribution in [3.05, 3.63) is 0 Å². The second-order valence-corrected chi connectivity index (χ2v) is 21.1. The molecule has 0 N–H and O–H groups in total. The van der Waals surface area contributed by atoms with Gasteiger partial charge in [-0.05, 0) is 140 Å². The molecule has 6 aliphatic carbocycles. The van der Waals surface area contributed by atoms with Crippen LogP contribution < -0.4 is 0 Å². The summed E-state index contributed by atoms with van der Waals surface area (Å²) in [5, 5.41) is 0. The Bertz CT molecular complexity index is 949. The quantitative estimate of drug-likeness (QED) is 0.196. The van der Waals surface area contributed by atoms with Crippen LogP contribution in [0.5, 0.6) is 0 Å².